The van der Waals surface area contributed by atoms with Gasteiger partial charge < -0.3 is 15.1 Å². The number of nitrogens with one attached hydrogen (secondary N) is 1. The molecule has 0 aliphatic carbocycles. The summed E-state index contributed by atoms with van der Waals surface area (Å²) in [5.74, 6) is 0.343. The van der Waals surface area contributed by atoms with Crippen molar-refractivity contribution < 1.29 is 4.79 Å². The van der Waals surface area contributed by atoms with E-state index < -0.39 is 0 Å². The first-order chi connectivity index (χ1) is 12.7. The SMILES string of the molecule is O=C1C[C@@H]2CC[C@H](CN1CCCN1CCN(c3cccc(Cl)c3)CC1)N2. The summed E-state index contributed by atoms with van der Waals surface area (Å²) in [6, 6.07) is 9.07. The van der Waals surface area contributed by atoms with E-state index in [1.807, 2.05) is 18.2 Å². The van der Waals surface area contributed by atoms with Crippen LogP contribution in [0.1, 0.15) is 25.7 Å². The van der Waals surface area contributed by atoms with Crippen molar-refractivity contribution >= 4 is 23.2 Å². The summed E-state index contributed by atoms with van der Waals surface area (Å²) < 4.78 is 0. The summed E-state index contributed by atoms with van der Waals surface area (Å²) in [6.45, 7) is 7.11. The molecule has 1 N–H and O–H groups in total. The van der Waals surface area contributed by atoms with Crippen LogP contribution in [0.5, 0.6) is 0 Å². The van der Waals surface area contributed by atoms with Crippen molar-refractivity contribution in [1.29, 1.82) is 0 Å². The second-order valence-corrected chi connectivity index (χ2v) is 8.28. The normalized spacial score (nSPS) is 27.0. The van der Waals surface area contributed by atoms with Crippen LogP contribution >= 0.6 is 11.6 Å². The van der Waals surface area contributed by atoms with Gasteiger partial charge in [0.05, 0.1) is 0 Å². The molecule has 6 heteroatoms. The summed E-state index contributed by atoms with van der Waals surface area (Å²) in [5, 5.41) is 4.39. The Morgan fingerprint density at radius 1 is 1.08 bits per heavy atom. The summed E-state index contributed by atoms with van der Waals surface area (Å²) in [5.41, 5.74) is 1.22. The number of carbonyl (C=O) groups is 1. The highest BCUT2D eigenvalue weighted by Crippen LogP contribution is 2.22. The molecule has 1 aromatic carbocycles. The number of anilines is 1. The van der Waals surface area contributed by atoms with Crippen LogP contribution in [0.2, 0.25) is 5.02 Å². The molecule has 1 aromatic rings. The lowest BCUT2D eigenvalue weighted by molar-refractivity contribution is -0.131. The van der Waals surface area contributed by atoms with E-state index in [9.17, 15) is 4.79 Å². The van der Waals surface area contributed by atoms with Gasteiger partial charge in [-0.25, -0.2) is 0 Å². The molecule has 2 bridgehead atoms. The fourth-order valence-corrected chi connectivity index (χ4v) is 4.70. The van der Waals surface area contributed by atoms with Crippen molar-refractivity contribution in [2.75, 3.05) is 50.7 Å². The highest BCUT2D eigenvalue weighted by atomic mass is 35.5. The maximum atomic E-state index is 12.4. The lowest BCUT2D eigenvalue weighted by Crippen LogP contribution is -2.47. The van der Waals surface area contributed by atoms with E-state index in [1.54, 1.807) is 0 Å². The smallest absolute Gasteiger partial charge is 0.224 e. The molecule has 26 heavy (non-hydrogen) atoms. The van der Waals surface area contributed by atoms with Crippen molar-refractivity contribution in [2.24, 2.45) is 0 Å². The number of amides is 1. The molecule has 0 unspecified atom stereocenters. The van der Waals surface area contributed by atoms with Gasteiger partial charge in [0.15, 0.2) is 0 Å². The Balaban J connectivity index is 1.20. The molecule has 3 saturated heterocycles. The van der Waals surface area contributed by atoms with Gasteiger partial charge in [0.2, 0.25) is 5.91 Å². The monoisotopic (exact) mass is 376 g/mol. The number of likely N-dealkylation sites (tertiary alicyclic amines) is 1. The topological polar surface area (TPSA) is 38.8 Å². The van der Waals surface area contributed by atoms with Gasteiger partial charge in [-0.15, -0.1) is 0 Å². The largest absolute Gasteiger partial charge is 0.369 e. The number of nitrogens with zero attached hydrogens (tertiary/aromatic N) is 3. The minimum absolute atomic E-state index is 0.343. The lowest BCUT2D eigenvalue weighted by atomic mass is 10.1. The van der Waals surface area contributed by atoms with Crippen molar-refractivity contribution in [3.8, 4) is 0 Å². The fourth-order valence-electron chi connectivity index (χ4n) is 4.52. The predicted octanol–water partition coefficient (Wildman–Crippen LogP) is 2.20. The van der Waals surface area contributed by atoms with Crippen LogP contribution in [0, 0.1) is 0 Å². The van der Waals surface area contributed by atoms with Crippen molar-refractivity contribution in [2.45, 2.75) is 37.8 Å². The van der Waals surface area contributed by atoms with Gasteiger partial charge in [0.25, 0.3) is 0 Å². The second kappa shape index (κ2) is 8.15. The molecule has 0 spiro atoms. The van der Waals surface area contributed by atoms with E-state index in [0.29, 0.717) is 24.4 Å². The Bertz CT molecular complexity index is 632. The molecule has 3 aliphatic rings. The third-order valence-corrected chi connectivity index (χ3v) is 6.23. The maximum Gasteiger partial charge on any atom is 0.224 e. The number of halogens is 1. The maximum absolute atomic E-state index is 12.4. The van der Waals surface area contributed by atoms with Crippen LogP contribution in [-0.2, 0) is 4.79 Å². The van der Waals surface area contributed by atoms with E-state index in [2.05, 4.69) is 26.1 Å². The fraction of sp³-hybridized carbons (Fsp3) is 0.650. The number of hydrogen-bond donors (Lipinski definition) is 1. The zero-order valence-corrected chi connectivity index (χ0v) is 16.1. The van der Waals surface area contributed by atoms with Crippen LogP contribution < -0.4 is 10.2 Å². The first-order valence-electron chi connectivity index (χ1n) is 9.94. The first-order valence-corrected chi connectivity index (χ1v) is 10.3. The van der Waals surface area contributed by atoms with Gasteiger partial charge in [-0.2, -0.15) is 0 Å². The highest BCUT2D eigenvalue weighted by molar-refractivity contribution is 6.30. The zero-order chi connectivity index (χ0) is 17.9. The summed E-state index contributed by atoms with van der Waals surface area (Å²) in [4.78, 5) is 19.4. The average molecular weight is 377 g/mol. The van der Waals surface area contributed by atoms with Gasteiger partial charge in [0.1, 0.15) is 0 Å². The van der Waals surface area contributed by atoms with Gasteiger partial charge in [0, 0.05) is 68.5 Å². The Morgan fingerprint density at radius 2 is 1.88 bits per heavy atom. The Kier molecular flexibility index (Phi) is 5.67. The third-order valence-electron chi connectivity index (χ3n) is 6.00. The summed E-state index contributed by atoms with van der Waals surface area (Å²) >= 11 is 6.11. The zero-order valence-electron chi connectivity index (χ0n) is 15.4. The minimum atomic E-state index is 0.343. The number of piperazine rings is 1. The van der Waals surface area contributed by atoms with E-state index in [4.69, 9.17) is 11.6 Å². The van der Waals surface area contributed by atoms with Crippen LogP contribution in [0.25, 0.3) is 0 Å². The van der Waals surface area contributed by atoms with E-state index in [1.165, 1.54) is 18.5 Å². The minimum Gasteiger partial charge on any atom is -0.369 e. The van der Waals surface area contributed by atoms with E-state index in [0.717, 1.165) is 57.3 Å². The second-order valence-electron chi connectivity index (χ2n) is 7.84. The number of rotatable bonds is 5. The Morgan fingerprint density at radius 3 is 2.69 bits per heavy atom. The summed E-state index contributed by atoms with van der Waals surface area (Å²) in [7, 11) is 0. The van der Waals surface area contributed by atoms with E-state index in [-0.39, 0.29) is 0 Å². The van der Waals surface area contributed by atoms with Crippen LogP contribution in [0.15, 0.2) is 24.3 Å². The molecule has 3 aliphatic heterocycles. The van der Waals surface area contributed by atoms with Crippen molar-refractivity contribution in [3.63, 3.8) is 0 Å². The highest BCUT2D eigenvalue weighted by Gasteiger charge is 2.33. The molecular weight excluding hydrogens is 348 g/mol. The molecule has 0 aromatic heterocycles. The van der Waals surface area contributed by atoms with Crippen molar-refractivity contribution in [3.05, 3.63) is 29.3 Å². The summed E-state index contributed by atoms with van der Waals surface area (Å²) in [6.07, 6.45) is 4.15. The van der Waals surface area contributed by atoms with Gasteiger partial charge in [-0.05, 0) is 44.0 Å². The molecule has 5 nitrogen and oxygen atoms in total. The Labute approximate surface area is 161 Å². The number of hydrogen-bond acceptors (Lipinski definition) is 4. The molecule has 142 valence electrons. The van der Waals surface area contributed by atoms with E-state index >= 15 is 0 Å². The molecule has 3 fully saturated rings. The predicted molar refractivity (Wildman–Crippen MR) is 106 cm³/mol. The standard InChI is InChI=1S/C20H29ClN4O/c21-16-3-1-4-19(13-16)24-11-9-23(10-12-24)7-2-8-25-15-18-6-5-17(22-18)14-20(25)26/h1,3-4,13,17-18,22H,2,5-12,14-15H2/t17-,18+/m0/s1. The first kappa shape index (κ1) is 18.1. The van der Waals surface area contributed by atoms with Gasteiger partial charge in [-0.3, -0.25) is 9.69 Å². The molecule has 4 rings (SSSR count). The van der Waals surface area contributed by atoms with Crippen LogP contribution in [0.4, 0.5) is 5.69 Å². The number of fused-ring (bicyclic) bond motifs is 2. The van der Waals surface area contributed by atoms with Crippen LogP contribution in [0.3, 0.4) is 0 Å². The average Bonchev–Trinajstić information content (AvgIpc) is 3.01. The Hall–Kier alpha value is -1.30. The molecule has 1 amide bonds. The lowest BCUT2D eigenvalue weighted by Gasteiger charge is -2.36. The van der Waals surface area contributed by atoms with Crippen LogP contribution in [-0.4, -0.2) is 73.6 Å². The molecule has 0 radical (unpaired) electrons. The number of benzene rings is 1. The van der Waals surface area contributed by atoms with Crippen molar-refractivity contribution in [1.82, 2.24) is 15.1 Å². The molecular formula is C20H29ClN4O. The molecule has 0 saturated carbocycles. The molecule has 3 heterocycles. The van der Waals surface area contributed by atoms with Gasteiger partial charge >= 0.3 is 0 Å². The number of carbonyl (C=O) groups excluding carboxylic acids is 1. The van der Waals surface area contributed by atoms with Gasteiger partial charge in [-0.1, -0.05) is 17.7 Å². The quantitative estimate of drug-likeness (QED) is 0.855. The molecule has 2 atom stereocenters. The third kappa shape index (κ3) is 4.33.